The minimum atomic E-state index is -0.0630. The smallest absolute Gasteiger partial charge is 0.0590 e. The van der Waals surface area contributed by atoms with Gasteiger partial charge in [-0.3, -0.25) is 0 Å². The predicted octanol–water partition coefficient (Wildman–Crippen LogP) is 2.91. The molecule has 0 aromatic carbocycles. The van der Waals surface area contributed by atoms with Gasteiger partial charge in [-0.2, -0.15) is 0 Å². The lowest BCUT2D eigenvalue weighted by Crippen LogP contribution is -2.43. The van der Waals surface area contributed by atoms with Crippen LogP contribution < -0.4 is 0 Å². The second kappa shape index (κ2) is 7.29. The van der Waals surface area contributed by atoms with Crippen molar-refractivity contribution in [2.24, 2.45) is 11.8 Å². The Morgan fingerprint density at radius 2 is 2.12 bits per heavy atom. The number of hydrogen-bond acceptors (Lipinski definition) is 2. The minimum Gasteiger partial charge on any atom is -0.393 e. The molecule has 2 nitrogen and oxygen atoms in total. The van der Waals surface area contributed by atoms with Crippen molar-refractivity contribution in [2.75, 3.05) is 19.6 Å². The minimum absolute atomic E-state index is 0.0630. The van der Waals surface area contributed by atoms with Crippen LogP contribution in [0, 0.1) is 11.8 Å². The molecular formula is C14H29NO. The van der Waals surface area contributed by atoms with Crippen molar-refractivity contribution in [2.45, 2.75) is 59.0 Å². The lowest BCUT2D eigenvalue weighted by Gasteiger charge is -2.36. The van der Waals surface area contributed by atoms with Crippen molar-refractivity contribution >= 4 is 0 Å². The van der Waals surface area contributed by atoms with Crippen LogP contribution in [0.15, 0.2) is 0 Å². The molecule has 3 unspecified atom stereocenters. The zero-order valence-corrected chi connectivity index (χ0v) is 11.3. The van der Waals surface area contributed by atoms with Crippen molar-refractivity contribution in [3.63, 3.8) is 0 Å². The highest BCUT2D eigenvalue weighted by Crippen LogP contribution is 2.20. The Kier molecular flexibility index (Phi) is 6.37. The zero-order chi connectivity index (χ0) is 12.0. The standard InChI is InChI=1S/C14H29NO/c1-4-6-7-13(5-2)11-15-9-8-14(16)12(3)10-15/h12-14,16H,4-11H2,1-3H3. The number of aliphatic hydroxyl groups is 1. The van der Waals surface area contributed by atoms with Crippen molar-refractivity contribution < 1.29 is 5.11 Å². The van der Waals surface area contributed by atoms with E-state index in [2.05, 4.69) is 25.7 Å². The van der Waals surface area contributed by atoms with Gasteiger partial charge < -0.3 is 10.0 Å². The second-order valence-corrected chi connectivity index (χ2v) is 5.51. The number of hydrogen-bond donors (Lipinski definition) is 1. The van der Waals surface area contributed by atoms with Gasteiger partial charge in [0, 0.05) is 19.6 Å². The van der Waals surface area contributed by atoms with E-state index in [9.17, 15) is 5.11 Å². The molecule has 96 valence electrons. The average molecular weight is 227 g/mol. The van der Waals surface area contributed by atoms with Crippen molar-refractivity contribution in [1.82, 2.24) is 4.90 Å². The summed E-state index contributed by atoms with van der Waals surface area (Å²) in [5.41, 5.74) is 0. The van der Waals surface area contributed by atoms with E-state index in [0.717, 1.165) is 25.4 Å². The molecule has 0 saturated carbocycles. The Bertz CT molecular complexity index is 184. The largest absolute Gasteiger partial charge is 0.393 e. The molecule has 16 heavy (non-hydrogen) atoms. The first-order chi connectivity index (χ1) is 7.67. The molecule has 1 rings (SSSR count). The lowest BCUT2D eigenvalue weighted by molar-refractivity contribution is 0.0282. The summed E-state index contributed by atoms with van der Waals surface area (Å²) in [6.45, 7) is 10.2. The maximum atomic E-state index is 9.70. The second-order valence-electron chi connectivity index (χ2n) is 5.51. The Balaban J connectivity index is 2.29. The number of piperidine rings is 1. The third-order valence-electron chi connectivity index (χ3n) is 4.00. The zero-order valence-electron chi connectivity index (χ0n) is 11.3. The van der Waals surface area contributed by atoms with Gasteiger partial charge in [-0.25, -0.2) is 0 Å². The Hall–Kier alpha value is -0.0800. The van der Waals surface area contributed by atoms with Crippen LogP contribution in [0.3, 0.4) is 0 Å². The van der Waals surface area contributed by atoms with Crippen LogP contribution >= 0.6 is 0 Å². The molecule has 0 bridgehead atoms. The molecule has 0 spiro atoms. The summed E-state index contributed by atoms with van der Waals surface area (Å²) < 4.78 is 0. The van der Waals surface area contributed by atoms with Crippen molar-refractivity contribution in [3.8, 4) is 0 Å². The molecule has 1 saturated heterocycles. The molecular weight excluding hydrogens is 198 g/mol. The molecule has 1 fully saturated rings. The summed E-state index contributed by atoms with van der Waals surface area (Å²) in [6, 6.07) is 0. The van der Waals surface area contributed by atoms with Gasteiger partial charge in [0.15, 0.2) is 0 Å². The first-order valence-electron chi connectivity index (χ1n) is 7.07. The quantitative estimate of drug-likeness (QED) is 0.754. The summed E-state index contributed by atoms with van der Waals surface area (Å²) in [5, 5.41) is 9.70. The van der Waals surface area contributed by atoms with Crippen LogP contribution in [0.5, 0.6) is 0 Å². The molecule has 1 N–H and O–H groups in total. The molecule has 0 aromatic rings. The van der Waals surface area contributed by atoms with E-state index in [-0.39, 0.29) is 6.10 Å². The van der Waals surface area contributed by atoms with E-state index < -0.39 is 0 Å². The van der Waals surface area contributed by atoms with Crippen LogP contribution in [0.25, 0.3) is 0 Å². The van der Waals surface area contributed by atoms with Crippen LogP contribution in [-0.2, 0) is 0 Å². The molecule has 0 aliphatic carbocycles. The highest BCUT2D eigenvalue weighted by atomic mass is 16.3. The summed E-state index contributed by atoms with van der Waals surface area (Å²) >= 11 is 0. The fourth-order valence-corrected chi connectivity index (χ4v) is 2.67. The normalized spacial score (nSPS) is 29.2. The summed E-state index contributed by atoms with van der Waals surface area (Å²) in [4.78, 5) is 2.56. The third kappa shape index (κ3) is 4.42. The van der Waals surface area contributed by atoms with E-state index in [1.807, 2.05) is 0 Å². The molecule has 0 aromatic heterocycles. The Morgan fingerprint density at radius 3 is 2.69 bits per heavy atom. The van der Waals surface area contributed by atoms with Gasteiger partial charge >= 0.3 is 0 Å². The van der Waals surface area contributed by atoms with Gasteiger partial charge in [0.25, 0.3) is 0 Å². The van der Waals surface area contributed by atoms with E-state index >= 15 is 0 Å². The van der Waals surface area contributed by atoms with E-state index in [1.165, 1.54) is 32.2 Å². The molecule has 0 radical (unpaired) electrons. The number of rotatable bonds is 6. The van der Waals surface area contributed by atoms with Gasteiger partial charge in [-0.15, -0.1) is 0 Å². The van der Waals surface area contributed by atoms with Gasteiger partial charge in [-0.05, 0) is 24.7 Å². The maximum absolute atomic E-state index is 9.70. The van der Waals surface area contributed by atoms with Gasteiger partial charge in [0.2, 0.25) is 0 Å². The number of nitrogens with zero attached hydrogens (tertiary/aromatic N) is 1. The van der Waals surface area contributed by atoms with Crippen LogP contribution in [-0.4, -0.2) is 35.7 Å². The van der Waals surface area contributed by atoms with Crippen molar-refractivity contribution in [1.29, 1.82) is 0 Å². The fourth-order valence-electron chi connectivity index (χ4n) is 2.67. The number of aliphatic hydroxyl groups excluding tert-OH is 1. The topological polar surface area (TPSA) is 23.5 Å². The highest BCUT2D eigenvalue weighted by molar-refractivity contribution is 4.78. The van der Waals surface area contributed by atoms with E-state index in [0.29, 0.717) is 5.92 Å². The molecule has 1 aliphatic rings. The predicted molar refractivity (Wildman–Crippen MR) is 69.5 cm³/mol. The fraction of sp³-hybridized carbons (Fsp3) is 1.00. The summed E-state index contributed by atoms with van der Waals surface area (Å²) in [5.74, 6) is 1.32. The van der Waals surface area contributed by atoms with Crippen LogP contribution in [0.4, 0.5) is 0 Å². The molecule has 0 amide bonds. The third-order valence-corrected chi connectivity index (χ3v) is 4.00. The van der Waals surface area contributed by atoms with E-state index in [4.69, 9.17) is 0 Å². The Morgan fingerprint density at radius 1 is 1.38 bits per heavy atom. The Labute approximate surface area is 101 Å². The van der Waals surface area contributed by atoms with Crippen molar-refractivity contribution in [3.05, 3.63) is 0 Å². The first-order valence-corrected chi connectivity index (χ1v) is 7.07. The monoisotopic (exact) mass is 227 g/mol. The summed E-state index contributed by atoms with van der Waals surface area (Å²) in [7, 11) is 0. The van der Waals surface area contributed by atoms with E-state index in [1.54, 1.807) is 0 Å². The lowest BCUT2D eigenvalue weighted by atomic mass is 9.93. The van der Waals surface area contributed by atoms with Gasteiger partial charge in [0.05, 0.1) is 6.10 Å². The number of likely N-dealkylation sites (tertiary alicyclic amines) is 1. The molecule has 3 atom stereocenters. The molecule has 1 aliphatic heterocycles. The van der Waals surface area contributed by atoms with Crippen LogP contribution in [0.1, 0.15) is 52.9 Å². The summed E-state index contributed by atoms with van der Waals surface area (Å²) in [6.07, 6.45) is 6.25. The van der Waals surface area contributed by atoms with Gasteiger partial charge in [0.1, 0.15) is 0 Å². The maximum Gasteiger partial charge on any atom is 0.0590 e. The first kappa shape index (κ1) is 14.0. The highest BCUT2D eigenvalue weighted by Gasteiger charge is 2.25. The number of unbranched alkanes of at least 4 members (excludes halogenated alkanes) is 1. The van der Waals surface area contributed by atoms with Gasteiger partial charge in [-0.1, -0.05) is 40.0 Å². The molecule has 2 heteroatoms. The SMILES string of the molecule is CCCCC(CC)CN1CCC(O)C(C)C1. The van der Waals surface area contributed by atoms with Crippen LogP contribution in [0.2, 0.25) is 0 Å². The average Bonchev–Trinajstić information content (AvgIpc) is 2.29. The molecule has 1 heterocycles.